The van der Waals surface area contributed by atoms with E-state index in [1.54, 1.807) is 0 Å². The minimum atomic E-state index is 0.887. The van der Waals surface area contributed by atoms with Crippen LogP contribution in [0.3, 0.4) is 0 Å². The summed E-state index contributed by atoms with van der Waals surface area (Å²) in [4.78, 5) is 4.16. The van der Waals surface area contributed by atoms with Crippen molar-refractivity contribution in [3.8, 4) is 0 Å². The molecule has 0 bridgehead atoms. The lowest BCUT2D eigenvalue weighted by Crippen LogP contribution is -2.27. The maximum atomic E-state index is 4.16. The van der Waals surface area contributed by atoms with Crippen LogP contribution >= 0.6 is 0 Å². The smallest absolute Gasteiger partial charge is 0.104 e. The van der Waals surface area contributed by atoms with Gasteiger partial charge in [0.25, 0.3) is 0 Å². The van der Waals surface area contributed by atoms with E-state index < -0.39 is 0 Å². The molecule has 1 aliphatic rings. The number of hydrogen-bond acceptors (Lipinski definition) is 3. The number of hydrogen-bond donors (Lipinski definition) is 1. The zero-order valence-electron chi connectivity index (χ0n) is 8.62. The van der Waals surface area contributed by atoms with Crippen molar-refractivity contribution in [1.29, 1.82) is 0 Å². The molecule has 1 aliphatic heterocycles. The molecule has 2 rings (SSSR count). The standard InChI is InChI=1S/C11H15N3/c1-9-4-3-5-10(2)11(9)13-14-7-6-12-8-14/h3-5,8,13H,6-7H2,1-2H3. The number of benzene rings is 1. The second-order valence-corrected chi connectivity index (χ2v) is 3.59. The van der Waals surface area contributed by atoms with Crippen LogP contribution in [0.2, 0.25) is 0 Å². The van der Waals surface area contributed by atoms with E-state index in [1.165, 1.54) is 16.8 Å². The third kappa shape index (κ3) is 1.71. The monoisotopic (exact) mass is 189 g/mol. The van der Waals surface area contributed by atoms with Crippen molar-refractivity contribution in [1.82, 2.24) is 5.01 Å². The number of nitrogens with zero attached hydrogens (tertiary/aromatic N) is 2. The lowest BCUT2D eigenvalue weighted by molar-refractivity contribution is 0.556. The van der Waals surface area contributed by atoms with E-state index in [9.17, 15) is 0 Å². The molecule has 1 N–H and O–H groups in total. The molecule has 74 valence electrons. The number of nitrogens with one attached hydrogen (secondary N) is 1. The Labute approximate surface area is 84.4 Å². The van der Waals surface area contributed by atoms with Crippen molar-refractivity contribution in [3.05, 3.63) is 29.3 Å². The maximum absolute atomic E-state index is 4.16. The first kappa shape index (κ1) is 9.06. The Morgan fingerprint density at radius 3 is 2.57 bits per heavy atom. The van der Waals surface area contributed by atoms with Crippen LogP contribution in [-0.4, -0.2) is 24.4 Å². The quantitative estimate of drug-likeness (QED) is 0.770. The van der Waals surface area contributed by atoms with Crippen LogP contribution in [0.15, 0.2) is 23.2 Å². The van der Waals surface area contributed by atoms with Crippen LogP contribution in [-0.2, 0) is 0 Å². The highest BCUT2D eigenvalue weighted by Gasteiger charge is 2.07. The molecule has 3 nitrogen and oxygen atoms in total. The van der Waals surface area contributed by atoms with Crippen molar-refractivity contribution >= 4 is 12.0 Å². The molecule has 0 fully saturated rings. The van der Waals surface area contributed by atoms with Crippen LogP contribution in [0.1, 0.15) is 11.1 Å². The molecule has 0 radical (unpaired) electrons. The summed E-state index contributed by atoms with van der Waals surface area (Å²) in [6.45, 7) is 6.07. The van der Waals surface area contributed by atoms with E-state index in [0.29, 0.717) is 0 Å². The summed E-state index contributed by atoms with van der Waals surface area (Å²) in [6, 6.07) is 6.30. The molecule has 14 heavy (non-hydrogen) atoms. The van der Waals surface area contributed by atoms with Crippen molar-refractivity contribution in [3.63, 3.8) is 0 Å². The summed E-state index contributed by atoms with van der Waals surface area (Å²) in [5.74, 6) is 0. The fourth-order valence-electron chi connectivity index (χ4n) is 1.60. The average molecular weight is 189 g/mol. The Bertz CT molecular complexity index is 337. The Kier molecular flexibility index (Phi) is 2.39. The van der Waals surface area contributed by atoms with Gasteiger partial charge in [-0.25, -0.2) is 0 Å². The number of hydrazine groups is 1. The zero-order chi connectivity index (χ0) is 9.97. The summed E-state index contributed by atoms with van der Waals surface area (Å²) in [5.41, 5.74) is 7.09. The van der Waals surface area contributed by atoms with Gasteiger partial charge < -0.3 is 0 Å². The fraction of sp³-hybridized carbons (Fsp3) is 0.364. The zero-order valence-corrected chi connectivity index (χ0v) is 8.62. The summed E-state index contributed by atoms with van der Waals surface area (Å²) in [6.07, 6.45) is 1.85. The summed E-state index contributed by atoms with van der Waals surface area (Å²) in [5, 5.41) is 2.02. The van der Waals surface area contributed by atoms with Crippen LogP contribution < -0.4 is 5.43 Å². The first-order valence-electron chi connectivity index (χ1n) is 4.87. The summed E-state index contributed by atoms with van der Waals surface area (Å²) >= 11 is 0. The van der Waals surface area contributed by atoms with Gasteiger partial charge in [-0.05, 0) is 25.0 Å². The summed E-state index contributed by atoms with van der Waals surface area (Å²) < 4.78 is 0. The van der Waals surface area contributed by atoms with Gasteiger partial charge >= 0.3 is 0 Å². The van der Waals surface area contributed by atoms with Gasteiger partial charge in [0.15, 0.2) is 0 Å². The van der Waals surface area contributed by atoms with Crippen LogP contribution in [0.25, 0.3) is 0 Å². The fourth-order valence-corrected chi connectivity index (χ4v) is 1.60. The molecule has 0 spiro atoms. The van der Waals surface area contributed by atoms with Crippen molar-refractivity contribution < 1.29 is 0 Å². The molecule has 0 saturated heterocycles. The van der Waals surface area contributed by atoms with Gasteiger partial charge in [-0.2, -0.15) is 0 Å². The largest absolute Gasteiger partial charge is 0.297 e. The molecule has 0 unspecified atom stereocenters. The minimum Gasteiger partial charge on any atom is -0.297 e. The highest BCUT2D eigenvalue weighted by atomic mass is 15.5. The van der Waals surface area contributed by atoms with Gasteiger partial charge in [0.2, 0.25) is 0 Å². The molecule has 0 saturated carbocycles. The first-order chi connectivity index (χ1) is 6.77. The number of anilines is 1. The molecular formula is C11H15N3. The Morgan fingerprint density at radius 1 is 1.29 bits per heavy atom. The van der Waals surface area contributed by atoms with Gasteiger partial charge in [0, 0.05) is 0 Å². The second kappa shape index (κ2) is 3.70. The molecular weight excluding hydrogens is 174 g/mol. The normalized spacial score (nSPS) is 14.9. The average Bonchev–Trinajstić information content (AvgIpc) is 2.64. The number of aliphatic imine (C=N–C) groups is 1. The molecule has 0 aliphatic carbocycles. The highest BCUT2D eigenvalue weighted by Crippen LogP contribution is 2.19. The maximum Gasteiger partial charge on any atom is 0.104 e. The van der Waals surface area contributed by atoms with E-state index in [0.717, 1.165) is 13.1 Å². The van der Waals surface area contributed by atoms with E-state index in [-0.39, 0.29) is 0 Å². The Hall–Kier alpha value is -1.51. The topological polar surface area (TPSA) is 27.6 Å². The molecule has 3 heteroatoms. The van der Waals surface area contributed by atoms with Crippen LogP contribution in [0.4, 0.5) is 5.69 Å². The molecule has 1 aromatic carbocycles. The minimum absolute atomic E-state index is 0.887. The molecule has 1 aromatic rings. The van der Waals surface area contributed by atoms with E-state index in [4.69, 9.17) is 0 Å². The molecule has 1 heterocycles. The third-order valence-electron chi connectivity index (χ3n) is 2.43. The highest BCUT2D eigenvalue weighted by molar-refractivity contribution is 5.64. The first-order valence-corrected chi connectivity index (χ1v) is 4.87. The Morgan fingerprint density at radius 2 is 2.00 bits per heavy atom. The van der Waals surface area contributed by atoms with Gasteiger partial charge in [-0.3, -0.25) is 15.4 Å². The molecule has 0 amide bonds. The number of rotatable bonds is 2. The van der Waals surface area contributed by atoms with Crippen molar-refractivity contribution in [2.24, 2.45) is 4.99 Å². The third-order valence-corrected chi connectivity index (χ3v) is 2.43. The Balaban J connectivity index is 2.19. The van der Waals surface area contributed by atoms with Gasteiger partial charge in [-0.15, -0.1) is 0 Å². The van der Waals surface area contributed by atoms with Gasteiger partial charge in [0.1, 0.15) is 6.34 Å². The van der Waals surface area contributed by atoms with Crippen molar-refractivity contribution in [2.45, 2.75) is 13.8 Å². The number of para-hydroxylation sites is 1. The second-order valence-electron chi connectivity index (χ2n) is 3.59. The molecule has 0 aromatic heterocycles. The van der Waals surface area contributed by atoms with E-state index in [2.05, 4.69) is 42.5 Å². The number of aryl methyl sites for hydroxylation is 2. The van der Waals surface area contributed by atoms with Gasteiger partial charge in [0.05, 0.1) is 18.8 Å². The predicted molar refractivity (Wildman–Crippen MR) is 59.6 cm³/mol. The van der Waals surface area contributed by atoms with Crippen LogP contribution in [0.5, 0.6) is 0 Å². The summed E-state index contributed by atoms with van der Waals surface area (Å²) in [7, 11) is 0. The van der Waals surface area contributed by atoms with Crippen molar-refractivity contribution in [2.75, 3.05) is 18.5 Å². The predicted octanol–water partition coefficient (Wildman–Crippen LogP) is 1.97. The SMILES string of the molecule is Cc1cccc(C)c1NN1C=NCC1. The van der Waals surface area contributed by atoms with E-state index >= 15 is 0 Å². The lowest BCUT2D eigenvalue weighted by Gasteiger charge is -2.20. The van der Waals surface area contributed by atoms with Gasteiger partial charge in [-0.1, -0.05) is 18.2 Å². The lowest BCUT2D eigenvalue weighted by atomic mass is 10.1. The van der Waals surface area contributed by atoms with E-state index in [1.807, 2.05) is 11.3 Å². The molecule has 0 atom stereocenters. The van der Waals surface area contributed by atoms with Crippen LogP contribution in [0, 0.1) is 13.8 Å².